The Labute approximate surface area is 111 Å². The molecule has 0 spiro atoms. The number of aliphatic hydroxyl groups excluding tert-OH is 1. The van der Waals surface area contributed by atoms with Gasteiger partial charge < -0.3 is 15.2 Å². The highest BCUT2D eigenvalue weighted by Gasteiger charge is 2.41. The zero-order valence-corrected chi connectivity index (χ0v) is 11.1. The van der Waals surface area contributed by atoms with Gasteiger partial charge in [0, 0.05) is 12.6 Å². The van der Waals surface area contributed by atoms with E-state index < -0.39 is 6.10 Å². The standard InChI is InChI=1S/C12H19N3O2S/c16-10(7-17-11-6-14-18-15-11)5-13-12(8-1-2-8)9-3-4-9/h6,8-10,12-13,16H,1-5,7H2. The summed E-state index contributed by atoms with van der Waals surface area (Å²) in [7, 11) is 0. The molecule has 1 unspecified atom stereocenters. The second-order valence-corrected chi connectivity index (χ2v) is 5.88. The second kappa shape index (κ2) is 5.50. The molecule has 1 heterocycles. The minimum atomic E-state index is -0.480. The maximum Gasteiger partial charge on any atom is 0.245 e. The van der Waals surface area contributed by atoms with E-state index in [4.69, 9.17) is 4.74 Å². The molecule has 2 aliphatic carbocycles. The van der Waals surface area contributed by atoms with Crippen molar-refractivity contribution in [3.63, 3.8) is 0 Å². The van der Waals surface area contributed by atoms with Crippen molar-refractivity contribution >= 4 is 11.7 Å². The van der Waals surface area contributed by atoms with Crippen molar-refractivity contribution in [1.82, 2.24) is 14.1 Å². The van der Waals surface area contributed by atoms with Gasteiger partial charge in [-0.2, -0.15) is 4.37 Å². The molecule has 0 aromatic carbocycles. The zero-order chi connectivity index (χ0) is 12.4. The number of rotatable bonds is 8. The fourth-order valence-corrected chi connectivity index (χ4v) is 2.73. The number of aromatic nitrogens is 2. The lowest BCUT2D eigenvalue weighted by Gasteiger charge is -2.20. The van der Waals surface area contributed by atoms with Crippen LogP contribution in [0, 0.1) is 11.8 Å². The first-order valence-corrected chi connectivity index (χ1v) is 7.38. The molecule has 1 aromatic rings. The van der Waals surface area contributed by atoms with Crippen molar-refractivity contribution in [1.29, 1.82) is 0 Å². The molecule has 0 radical (unpaired) electrons. The first-order valence-electron chi connectivity index (χ1n) is 6.65. The molecule has 1 aromatic heterocycles. The Morgan fingerprint density at radius 2 is 2.11 bits per heavy atom. The van der Waals surface area contributed by atoms with Crippen LogP contribution in [0.4, 0.5) is 0 Å². The van der Waals surface area contributed by atoms with Gasteiger partial charge in [0.1, 0.15) is 18.9 Å². The fourth-order valence-electron chi connectivity index (χ4n) is 2.36. The quantitative estimate of drug-likeness (QED) is 0.738. The van der Waals surface area contributed by atoms with Gasteiger partial charge in [-0.05, 0) is 37.5 Å². The van der Waals surface area contributed by atoms with Crippen molar-refractivity contribution < 1.29 is 9.84 Å². The first kappa shape index (κ1) is 12.3. The molecule has 18 heavy (non-hydrogen) atoms. The average Bonchev–Trinajstić information content (AvgIpc) is 3.29. The topological polar surface area (TPSA) is 67.3 Å². The van der Waals surface area contributed by atoms with Crippen molar-refractivity contribution in [3.05, 3.63) is 6.20 Å². The van der Waals surface area contributed by atoms with E-state index in [1.54, 1.807) is 6.20 Å². The number of aliphatic hydroxyl groups is 1. The second-order valence-electron chi connectivity index (χ2n) is 5.32. The molecule has 0 saturated heterocycles. The minimum Gasteiger partial charge on any atom is -0.473 e. The molecule has 3 rings (SSSR count). The Morgan fingerprint density at radius 1 is 1.39 bits per heavy atom. The third kappa shape index (κ3) is 3.40. The molecular formula is C12H19N3O2S. The first-order chi connectivity index (χ1) is 8.83. The van der Waals surface area contributed by atoms with E-state index in [0.29, 0.717) is 18.5 Å². The average molecular weight is 269 g/mol. The number of hydrogen-bond acceptors (Lipinski definition) is 6. The van der Waals surface area contributed by atoms with Crippen LogP contribution in [0.2, 0.25) is 0 Å². The lowest BCUT2D eigenvalue weighted by molar-refractivity contribution is 0.0996. The summed E-state index contributed by atoms with van der Waals surface area (Å²) < 4.78 is 13.1. The summed E-state index contributed by atoms with van der Waals surface area (Å²) in [5.41, 5.74) is 0. The van der Waals surface area contributed by atoms with Crippen molar-refractivity contribution in [3.8, 4) is 5.88 Å². The molecular weight excluding hydrogens is 250 g/mol. The van der Waals surface area contributed by atoms with Crippen molar-refractivity contribution in [2.24, 2.45) is 11.8 Å². The maximum absolute atomic E-state index is 9.87. The predicted molar refractivity (Wildman–Crippen MR) is 68.6 cm³/mol. The molecule has 5 nitrogen and oxygen atoms in total. The third-order valence-corrected chi connectivity index (χ3v) is 4.07. The predicted octanol–water partition coefficient (Wildman–Crippen LogP) is 1.06. The largest absolute Gasteiger partial charge is 0.473 e. The number of nitrogens with one attached hydrogen (secondary N) is 1. The van der Waals surface area contributed by atoms with E-state index in [2.05, 4.69) is 14.1 Å². The van der Waals surface area contributed by atoms with E-state index in [0.717, 1.165) is 23.6 Å². The minimum absolute atomic E-state index is 0.278. The van der Waals surface area contributed by atoms with Crippen LogP contribution in [-0.4, -0.2) is 39.2 Å². The van der Waals surface area contributed by atoms with E-state index in [1.165, 1.54) is 25.7 Å². The highest BCUT2D eigenvalue weighted by Crippen LogP contribution is 2.44. The zero-order valence-electron chi connectivity index (χ0n) is 10.3. The monoisotopic (exact) mass is 269 g/mol. The highest BCUT2D eigenvalue weighted by molar-refractivity contribution is 6.99. The van der Waals surface area contributed by atoms with Crippen LogP contribution in [0.3, 0.4) is 0 Å². The van der Waals surface area contributed by atoms with Crippen LogP contribution in [-0.2, 0) is 0 Å². The van der Waals surface area contributed by atoms with Crippen LogP contribution in [0.5, 0.6) is 5.88 Å². The number of hydrogen-bond donors (Lipinski definition) is 2. The van der Waals surface area contributed by atoms with Gasteiger partial charge in [0.05, 0.1) is 11.7 Å². The molecule has 0 bridgehead atoms. The molecule has 2 fully saturated rings. The summed E-state index contributed by atoms with van der Waals surface area (Å²) in [5, 5.41) is 13.4. The van der Waals surface area contributed by atoms with Gasteiger partial charge in [-0.25, -0.2) is 0 Å². The van der Waals surface area contributed by atoms with Gasteiger partial charge in [-0.15, -0.1) is 4.37 Å². The Balaban J connectivity index is 1.36. The molecule has 1 atom stereocenters. The van der Waals surface area contributed by atoms with Gasteiger partial charge in [-0.3, -0.25) is 0 Å². The smallest absolute Gasteiger partial charge is 0.245 e. The van der Waals surface area contributed by atoms with Gasteiger partial charge in [0.2, 0.25) is 5.88 Å². The van der Waals surface area contributed by atoms with Gasteiger partial charge in [0.25, 0.3) is 0 Å². The summed E-state index contributed by atoms with van der Waals surface area (Å²) in [5.74, 6) is 2.21. The summed E-state index contributed by atoms with van der Waals surface area (Å²) in [6.45, 7) is 0.885. The van der Waals surface area contributed by atoms with Gasteiger partial charge in [0.15, 0.2) is 0 Å². The van der Waals surface area contributed by atoms with Crippen LogP contribution in [0.15, 0.2) is 6.20 Å². The highest BCUT2D eigenvalue weighted by atomic mass is 32.1. The van der Waals surface area contributed by atoms with Crippen LogP contribution in [0.1, 0.15) is 25.7 Å². The lowest BCUT2D eigenvalue weighted by Crippen LogP contribution is -2.40. The Morgan fingerprint density at radius 3 is 2.67 bits per heavy atom. The molecule has 100 valence electrons. The number of ether oxygens (including phenoxy) is 1. The normalized spacial score (nSPS) is 21.2. The van der Waals surface area contributed by atoms with Crippen LogP contribution >= 0.6 is 11.7 Å². The lowest BCUT2D eigenvalue weighted by atomic mass is 10.1. The summed E-state index contributed by atoms with van der Waals surface area (Å²) in [6.07, 6.45) is 6.50. The molecule has 0 amide bonds. The maximum atomic E-state index is 9.87. The van der Waals surface area contributed by atoms with Crippen LogP contribution < -0.4 is 10.1 Å². The SMILES string of the molecule is OC(CNC(C1CC1)C1CC1)COc1cnsn1. The molecule has 2 saturated carbocycles. The van der Waals surface area contributed by atoms with Gasteiger partial charge in [-0.1, -0.05) is 0 Å². The molecule has 2 aliphatic rings. The number of nitrogens with zero attached hydrogens (tertiary/aromatic N) is 2. The van der Waals surface area contributed by atoms with Crippen LogP contribution in [0.25, 0.3) is 0 Å². The Hall–Kier alpha value is -0.720. The molecule has 0 aliphatic heterocycles. The Kier molecular flexibility index (Phi) is 3.77. The van der Waals surface area contributed by atoms with Crippen molar-refractivity contribution in [2.45, 2.75) is 37.8 Å². The fraction of sp³-hybridized carbons (Fsp3) is 0.833. The van der Waals surface area contributed by atoms with E-state index in [1.807, 2.05) is 0 Å². The molecule has 6 heteroatoms. The Bertz CT molecular complexity index is 353. The summed E-state index contributed by atoms with van der Waals surface area (Å²) in [6, 6.07) is 0.626. The third-order valence-electron chi connectivity index (χ3n) is 3.61. The summed E-state index contributed by atoms with van der Waals surface area (Å²) >= 11 is 1.11. The van der Waals surface area contributed by atoms with E-state index in [9.17, 15) is 5.11 Å². The van der Waals surface area contributed by atoms with Crippen molar-refractivity contribution in [2.75, 3.05) is 13.2 Å². The van der Waals surface area contributed by atoms with Gasteiger partial charge >= 0.3 is 0 Å². The van der Waals surface area contributed by atoms with E-state index in [-0.39, 0.29) is 6.61 Å². The van der Waals surface area contributed by atoms with E-state index >= 15 is 0 Å². The molecule has 2 N–H and O–H groups in total. The summed E-state index contributed by atoms with van der Waals surface area (Å²) in [4.78, 5) is 0.